The predicted molar refractivity (Wildman–Crippen MR) is 94.0 cm³/mol. The molecule has 0 radical (unpaired) electrons. The molecule has 1 amide bonds. The molecule has 1 heterocycles. The number of amides is 1. The predicted octanol–water partition coefficient (Wildman–Crippen LogP) is 3.99. The fourth-order valence-electron chi connectivity index (χ4n) is 2.83. The summed E-state index contributed by atoms with van der Waals surface area (Å²) in [6.07, 6.45) is 1.05. The molecule has 0 saturated heterocycles. The van der Waals surface area contributed by atoms with Crippen molar-refractivity contribution in [3.8, 4) is 11.5 Å². The summed E-state index contributed by atoms with van der Waals surface area (Å²) in [7, 11) is 0. The number of rotatable bonds is 5. The van der Waals surface area contributed by atoms with Crippen LogP contribution in [0.4, 0.5) is 0 Å². The molecule has 0 aromatic heterocycles. The van der Waals surface area contributed by atoms with Crippen LogP contribution in [0.15, 0.2) is 36.4 Å². The molecule has 5 heteroatoms. The molecule has 4 nitrogen and oxygen atoms in total. The van der Waals surface area contributed by atoms with E-state index in [1.165, 1.54) is 0 Å². The zero-order valence-corrected chi connectivity index (χ0v) is 14.5. The van der Waals surface area contributed by atoms with Crippen LogP contribution in [-0.2, 0) is 13.0 Å². The van der Waals surface area contributed by atoms with Crippen molar-refractivity contribution < 1.29 is 14.3 Å². The highest BCUT2D eigenvalue weighted by atomic mass is 35.5. The maximum atomic E-state index is 12.3. The molecule has 1 aliphatic heterocycles. The second kappa shape index (κ2) is 7.14. The minimum atomic E-state index is -0.210. The molecule has 126 valence electrons. The van der Waals surface area contributed by atoms with E-state index in [9.17, 15) is 4.79 Å². The molecule has 3 rings (SSSR count). The van der Waals surface area contributed by atoms with E-state index in [4.69, 9.17) is 21.1 Å². The van der Waals surface area contributed by atoms with Crippen LogP contribution in [0.2, 0.25) is 5.02 Å². The Balaban J connectivity index is 1.78. The number of ether oxygens (including phenoxy) is 2. The lowest BCUT2D eigenvalue weighted by Gasteiger charge is -2.13. The number of fused-ring (bicyclic) bond motifs is 1. The van der Waals surface area contributed by atoms with Gasteiger partial charge in [-0.05, 0) is 38.1 Å². The Morgan fingerprint density at radius 3 is 2.92 bits per heavy atom. The van der Waals surface area contributed by atoms with Crippen molar-refractivity contribution in [1.29, 1.82) is 0 Å². The normalized spacial score (nSPS) is 15.5. The molecule has 1 aliphatic rings. The van der Waals surface area contributed by atoms with Gasteiger partial charge in [-0.1, -0.05) is 23.7 Å². The van der Waals surface area contributed by atoms with Gasteiger partial charge in [0.1, 0.15) is 17.6 Å². The largest absolute Gasteiger partial charge is 0.494 e. The zero-order chi connectivity index (χ0) is 17.1. The minimum absolute atomic E-state index is 0.169. The maximum absolute atomic E-state index is 12.3. The van der Waals surface area contributed by atoms with Gasteiger partial charge in [0.15, 0.2) is 0 Å². The first-order valence-electron chi connectivity index (χ1n) is 8.06. The molecule has 1 atom stereocenters. The smallest absolute Gasteiger partial charge is 0.253 e. The van der Waals surface area contributed by atoms with Gasteiger partial charge in [-0.2, -0.15) is 0 Å². The lowest BCUT2D eigenvalue weighted by molar-refractivity contribution is 0.0950. The first-order chi connectivity index (χ1) is 11.6. The van der Waals surface area contributed by atoms with Crippen LogP contribution >= 0.6 is 11.6 Å². The summed E-state index contributed by atoms with van der Waals surface area (Å²) < 4.78 is 11.5. The van der Waals surface area contributed by atoms with Crippen molar-refractivity contribution >= 4 is 17.5 Å². The highest BCUT2D eigenvalue weighted by Gasteiger charge is 2.22. The topological polar surface area (TPSA) is 47.6 Å². The molecule has 0 spiro atoms. The first kappa shape index (κ1) is 16.7. The third-order valence-corrected chi connectivity index (χ3v) is 4.27. The molecular weight excluding hydrogens is 326 g/mol. The van der Waals surface area contributed by atoms with Crippen molar-refractivity contribution in [1.82, 2.24) is 5.32 Å². The Morgan fingerprint density at radius 2 is 2.17 bits per heavy atom. The summed E-state index contributed by atoms with van der Waals surface area (Å²) in [5, 5.41) is 3.33. The van der Waals surface area contributed by atoms with Gasteiger partial charge < -0.3 is 14.8 Å². The van der Waals surface area contributed by atoms with Gasteiger partial charge in [0, 0.05) is 24.1 Å². The van der Waals surface area contributed by atoms with Gasteiger partial charge in [-0.25, -0.2) is 0 Å². The number of benzene rings is 2. The van der Waals surface area contributed by atoms with Crippen molar-refractivity contribution in [2.24, 2.45) is 0 Å². The van der Waals surface area contributed by atoms with Gasteiger partial charge >= 0.3 is 0 Å². The van der Waals surface area contributed by atoms with Gasteiger partial charge in [-0.3, -0.25) is 4.79 Å². The number of hydrogen-bond acceptors (Lipinski definition) is 3. The molecule has 0 bridgehead atoms. The second-order valence-electron chi connectivity index (χ2n) is 5.80. The molecule has 24 heavy (non-hydrogen) atoms. The number of nitrogens with one attached hydrogen (secondary N) is 1. The fourth-order valence-corrected chi connectivity index (χ4v) is 3.05. The van der Waals surface area contributed by atoms with Crippen LogP contribution in [0.1, 0.15) is 35.3 Å². The monoisotopic (exact) mass is 345 g/mol. The number of hydrogen-bond donors (Lipinski definition) is 1. The Morgan fingerprint density at radius 1 is 1.38 bits per heavy atom. The molecular formula is C19H20ClNO3. The van der Waals surface area contributed by atoms with Crippen molar-refractivity contribution in [3.05, 3.63) is 58.1 Å². The van der Waals surface area contributed by atoms with Crippen LogP contribution in [0.5, 0.6) is 11.5 Å². The van der Waals surface area contributed by atoms with E-state index in [0.717, 1.165) is 29.0 Å². The molecule has 0 aliphatic carbocycles. The van der Waals surface area contributed by atoms with Gasteiger partial charge in [0.05, 0.1) is 17.2 Å². The lowest BCUT2D eigenvalue weighted by atomic mass is 10.1. The van der Waals surface area contributed by atoms with Gasteiger partial charge in [0.25, 0.3) is 5.91 Å². The van der Waals surface area contributed by atoms with Gasteiger partial charge in [0.2, 0.25) is 0 Å². The molecule has 0 fully saturated rings. The summed E-state index contributed by atoms with van der Waals surface area (Å²) >= 11 is 6.07. The van der Waals surface area contributed by atoms with Crippen LogP contribution < -0.4 is 14.8 Å². The Labute approximate surface area is 146 Å². The van der Waals surface area contributed by atoms with Crippen molar-refractivity contribution in [2.75, 3.05) is 6.61 Å². The first-order valence-corrected chi connectivity index (χ1v) is 8.44. The lowest BCUT2D eigenvalue weighted by Crippen LogP contribution is -2.23. The van der Waals surface area contributed by atoms with Crippen LogP contribution in [0, 0.1) is 0 Å². The van der Waals surface area contributed by atoms with E-state index in [1.807, 2.05) is 26.0 Å². The minimum Gasteiger partial charge on any atom is -0.494 e. The Kier molecular flexibility index (Phi) is 4.95. The third-order valence-electron chi connectivity index (χ3n) is 3.94. The third kappa shape index (κ3) is 3.49. The average Bonchev–Trinajstić information content (AvgIpc) is 2.92. The van der Waals surface area contributed by atoms with Crippen molar-refractivity contribution in [2.45, 2.75) is 32.9 Å². The average molecular weight is 346 g/mol. The summed E-state index contributed by atoms with van der Waals surface area (Å²) in [4.78, 5) is 12.3. The van der Waals surface area contributed by atoms with E-state index in [1.54, 1.807) is 24.3 Å². The van der Waals surface area contributed by atoms with E-state index in [-0.39, 0.29) is 12.0 Å². The number of halogens is 1. The van der Waals surface area contributed by atoms with E-state index >= 15 is 0 Å². The maximum Gasteiger partial charge on any atom is 0.253 e. The summed E-state index contributed by atoms with van der Waals surface area (Å²) in [6, 6.07) is 11.0. The Bertz CT molecular complexity index is 760. The quantitative estimate of drug-likeness (QED) is 0.891. The van der Waals surface area contributed by atoms with E-state index in [2.05, 4.69) is 5.32 Å². The van der Waals surface area contributed by atoms with Crippen LogP contribution in [0.25, 0.3) is 0 Å². The number of carbonyl (C=O) groups is 1. The summed E-state index contributed by atoms with van der Waals surface area (Å²) in [5.41, 5.74) is 2.50. The SMILES string of the molecule is CCOc1cc2c(cc1CNC(=O)c1ccccc1Cl)O[C@@H](C)C2. The molecule has 0 unspecified atom stereocenters. The highest BCUT2D eigenvalue weighted by molar-refractivity contribution is 6.33. The molecule has 2 aromatic rings. The fraction of sp³-hybridized carbons (Fsp3) is 0.316. The summed E-state index contributed by atoms with van der Waals surface area (Å²) in [6.45, 7) is 4.91. The second-order valence-corrected chi connectivity index (χ2v) is 6.20. The van der Waals surface area contributed by atoms with E-state index in [0.29, 0.717) is 23.7 Å². The number of carbonyl (C=O) groups excluding carboxylic acids is 1. The highest BCUT2D eigenvalue weighted by Crippen LogP contribution is 2.35. The molecule has 0 saturated carbocycles. The van der Waals surface area contributed by atoms with Crippen LogP contribution in [0.3, 0.4) is 0 Å². The molecule has 2 aromatic carbocycles. The summed E-state index contributed by atoms with van der Waals surface area (Å²) in [5.74, 6) is 1.44. The molecule has 1 N–H and O–H groups in total. The Hall–Kier alpha value is -2.20. The van der Waals surface area contributed by atoms with Crippen molar-refractivity contribution in [3.63, 3.8) is 0 Å². The standard InChI is InChI=1S/C19H20ClNO3/c1-3-23-17-9-13-8-12(2)24-18(13)10-14(17)11-21-19(22)15-6-4-5-7-16(15)20/h4-7,9-10,12H,3,8,11H2,1-2H3,(H,21,22)/t12-/m0/s1. The van der Waals surface area contributed by atoms with E-state index < -0.39 is 0 Å². The van der Waals surface area contributed by atoms with Crippen LogP contribution in [-0.4, -0.2) is 18.6 Å². The van der Waals surface area contributed by atoms with Gasteiger partial charge in [-0.15, -0.1) is 0 Å². The zero-order valence-electron chi connectivity index (χ0n) is 13.8.